The predicted molar refractivity (Wildman–Crippen MR) is 117 cm³/mol. The van der Waals surface area contributed by atoms with Gasteiger partial charge in [-0.3, -0.25) is 9.78 Å². The molecule has 0 radical (unpaired) electrons. The summed E-state index contributed by atoms with van der Waals surface area (Å²) >= 11 is 0. The maximum atomic E-state index is 13.3. The average molecular weight is 444 g/mol. The van der Waals surface area contributed by atoms with Gasteiger partial charge in [-0.25, -0.2) is 8.42 Å². The number of hydrogen-bond donors (Lipinski definition) is 1. The molecule has 1 saturated heterocycles. The minimum absolute atomic E-state index is 0.0864. The van der Waals surface area contributed by atoms with Gasteiger partial charge in [0.15, 0.2) is 0 Å². The first-order valence-corrected chi connectivity index (χ1v) is 12.2. The van der Waals surface area contributed by atoms with Gasteiger partial charge in [0, 0.05) is 37.6 Å². The molecule has 4 rings (SSSR count). The molecule has 8 heteroatoms. The minimum Gasteiger partial charge on any atom is -0.496 e. The first kappa shape index (κ1) is 21.8. The van der Waals surface area contributed by atoms with E-state index in [4.69, 9.17) is 4.74 Å². The Labute approximate surface area is 183 Å². The maximum absolute atomic E-state index is 13.3. The van der Waals surface area contributed by atoms with Crippen LogP contribution in [0.25, 0.3) is 0 Å². The summed E-state index contributed by atoms with van der Waals surface area (Å²) in [4.78, 5) is 17.5. The number of amides is 1. The van der Waals surface area contributed by atoms with Gasteiger partial charge in [0.2, 0.25) is 15.9 Å². The molecule has 1 saturated carbocycles. The summed E-state index contributed by atoms with van der Waals surface area (Å²) in [5.41, 5.74) is 0.590. The standard InChI is InChI=1S/C23H29N3O4S/c1-30-21-10-4-3-8-18(21)14-25-22(27)20-16-26(17-23(20)11-5-2-6-12-23)31(28,29)19-9-7-13-24-15-19/h3-4,7-10,13,15,20H,2,5-6,11-12,14,16-17H2,1H3,(H,25,27). The molecular weight excluding hydrogens is 414 g/mol. The first-order valence-electron chi connectivity index (χ1n) is 10.8. The van der Waals surface area contributed by atoms with Gasteiger partial charge in [-0.15, -0.1) is 0 Å². The molecule has 1 spiro atoms. The SMILES string of the molecule is COc1ccccc1CNC(=O)C1CN(S(=O)(=O)c2cccnc2)CC12CCCCC2. The van der Waals surface area contributed by atoms with E-state index in [9.17, 15) is 13.2 Å². The summed E-state index contributed by atoms with van der Waals surface area (Å²) in [7, 11) is -2.08. The number of pyridine rings is 1. The number of methoxy groups -OCH3 is 1. The summed E-state index contributed by atoms with van der Waals surface area (Å²) in [5.74, 6) is 0.271. The van der Waals surface area contributed by atoms with Crippen LogP contribution in [0.3, 0.4) is 0 Å². The molecule has 0 bridgehead atoms. The number of carbonyl (C=O) groups is 1. The van der Waals surface area contributed by atoms with E-state index < -0.39 is 10.0 Å². The van der Waals surface area contributed by atoms with E-state index in [0.717, 1.165) is 43.4 Å². The van der Waals surface area contributed by atoms with Crippen molar-refractivity contribution >= 4 is 15.9 Å². The molecule has 2 heterocycles. The molecule has 31 heavy (non-hydrogen) atoms. The number of hydrogen-bond acceptors (Lipinski definition) is 5. The molecule has 1 aliphatic carbocycles. The molecule has 7 nitrogen and oxygen atoms in total. The normalized spacial score (nSPS) is 21.1. The van der Waals surface area contributed by atoms with Gasteiger partial charge in [-0.05, 0) is 36.5 Å². The number of carbonyl (C=O) groups excluding carboxylic acids is 1. The van der Waals surface area contributed by atoms with E-state index in [0.29, 0.717) is 13.1 Å². The number of rotatable bonds is 6. The van der Waals surface area contributed by atoms with Gasteiger partial charge in [-0.2, -0.15) is 4.31 Å². The smallest absolute Gasteiger partial charge is 0.244 e. The Morgan fingerprint density at radius 2 is 1.97 bits per heavy atom. The van der Waals surface area contributed by atoms with E-state index in [-0.39, 0.29) is 28.7 Å². The average Bonchev–Trinajstić information content (AvgIpc) is 3.18. The van der Waals surface area contributed by atoms with Crippen LogP contribution in [-0.2, 0) is 21.4 Å². The van der Waals surface area contributed by atoms with Crippen molar-refractivity contribution in [1.82, 2.24) is 14.6 Å². The molecule has 166 valence electrons. The highest BCUT2D eigenvalue weighted by Crippen LogP contribution is 2.48. The molecule has 1 atom stereocenters. The lowest BCUT2D eigenvalue weighted by Gasteiger charge is -2.37. The van der Waals surface area contributed by atoms with Crippen LogP contribution < -0.4 is 10.1 Å². The van der Waals surface area contributed by atoms with Crippen LogP contribution in [0.1, 0.15) is 37.7 Å². The Morgan fingerprint density at radius 1 is 1.19 bits per heavy atom. The summed E-state index contributed by atoms with van der Waals surface area (Å²) in [5, 5.41) is 3.05. The van der Waals surface area contributed by atoms with Crippen molar-refractivity contribution in [3.63, 3.8) is 0 Å². The van der Waals surface area contributed by atoms with Gasteiger partial charge in [-0.1, -0.05) is 37.5 Å². The van der Waals surface area contributed by atoms with Crippen LogP contribution in [0, 0.1) is 11.3 Å². The molecule has 1 aromatic carbocycles. The Kier molecular flexibility index (Phi) is 6.29. The lowest BCUT2D eigenvalue weighted by molar-refractivity contribution is -0.128. The number of aromatic nitrogens is 1. The molecule has 1 N–H and O–H groups in total. The van der Waals surface area contributed by atoms with Gasteiger partial charge in [0.05, 0.1) is 13.0 Å². The van der Waals surface area contributed by atoms with Gasteiger partial charge < -0.3 is 10.1 Å². The Morgan fingerprint density at radius 3 is 2.68 bits per heavy atom. The minimum atomic E-state index is -3.69. The second-order valence-electron chi connectivity index (χ2n) is 8.49. The van der Waals surface area contributed by atoms with Crippen molar-refractivity contribution in [2.75, 3.05) is 20.2 Å². The second kappa shape index (κ2) is 8.96. The van der Waals surface area contributed by atoms with Crippen LogP contribution in [-0.4, -0.2) is 43.8 Å². The zero-order valence-electron chi connectivity index (χ0n) is 17.8. The lowest BCUT2D eigenvalue weighted by Crippen LogP contribution is -2.42. The highest BCUT2D eigenvalue weighted by molar-refractivity contribution is 7.89. The summed E-state index contributed by atoms with van der Waals surface area (Å²) < 4.78 is 33.3. The highest BCUT2D eigenvalue weighted by atomic mass is 32.2. The lowest BCUT2D eigenvalue weighted by atomic mass is 9.67. The number of nitrogens with zero attached hydrogens (tertiary/aromatic N) is 2. The number of benzene rings is 1. The Bertz CT molecular complexity index is 1020. The fraction of sp³-hybridized carbons (Fsp3) is 0.478. The van der Waals surface area contributed by atoms with E-state index in [2.05, 4.69) is 10.3 Å². The molecule has 2 aliphatic rings. The fourth-order valence-corrected chi connectivity index (χ4v) is 6.55. The van der Waals surface area contributed by atoms with Crippen LogP contribution in [0.15, 0.2) is 53.7 Å². The monoisotopic (exact) mass is 443 g/mol. The predicted octanol–water partition coefficient (Wildman–Crippen LogP) is 2.98. The van der Waals surface area contributed by atoms with Crippen molar-refractivity contribution in [3.05, 3.63) is 54.4 Å². The zero-order chi connectivity index (χ0) is 21.9. The van der Waals surface area contributed by atoms with Crippen molar-refractivity contribution in [2.45, 2.75) is 43.5 Å². The Hall–Kier alpha value is -2.45. The third-order valence-electron chi connectivity index (χ3n) is 6.70. The van der Waals surface area contributed by atoms with E-state index in [1.807, 2.05) is 24.3 Å². The number of nitrogens with one attached hydrogen (secondary N) is 1. The van der Waals surface area contributed by atoms with Crippen molar-refractivity contribution in [3.8, 4) is 5.75 Å². The van der Waals surface area contributed by atoms with Crippen LogP contribution in [0.4, 0.5) is 0 Å². The number of sulfonamides is 1. The van der Waals surface area contributed by atoms with E-state index in [1.54, 1.807) is 25.4 Å². The van der Waals surface area contributed by atoms with Gasteiger partial charge in [0.1, 0.15) is 10.6 Å². The second-order valence-corrected chi connectivity index (χ2v) is 10.4. The molecule has 1 aliphatic heterocycles. The molecule has 2 aromatic rings. The third kappa shape index (κ3) is 4.32. The molecular formula is C23H29N3O4S. The molecule has 2 fully saturated rings. The quantitative estimate of drug-likeness (QED) is 0.742. The van der Waals surface area contributed by atoms with Crippen molar-refractivity contribution in [1.29, 1.82) is 0 Å². The highest BCUT2D eigenvalue weighted by Gasteiger charge is 2.53. The largest absolute Gasteiger partial charge is 0.496 e. The van der Waals surface area contributed by atoms with E-state index >= 15 is 0 Å². The van der Waals surface area contributed by atoms with Crippen molar-refractivity contribution < 1.29 is 17.9 Å². The van der Waals surface area contributed by atoms with Gasteiger partial charge >= 0.3 is 0 Å². The molecule has 1 unspecified atom stereocenters. The molecule has 1 aromatic heterocycles. The maximum Gasteiger partial charge on any atom is 0.244 e. The van der Waals surface area contributed by atoms with Crippen LogP contribution in [0.2, 0.25) is 0 Å². The van der Waals surface area contributed by atoms with E-state index in [1.165, 1.54) is 10.5 Å². The number of para-hydroxylation sites is 1. The Balaban J connectivity index is 1.55. The topological polar surface area (TPSA) is 88.6 Å². The fourth-order valence-electron chi connectivity index (χ4n) is 5.03. The summed E-state index contributed by atoms with van der Waals surface area (Å²) in [6, 6.07) is 10.8. The summed E-state index contributed by atoms with van der Waals surface area (Å²) in [6.07, 6.45) is 7.86. The summed E-state index contributed by atoms with van der Waals surface area (Å²) in [6.45, 7) is 0.941. The number of ether oxygens (including phenoxy) is 1. The van der Waals surface area contributed by atoms with Crippen molar-refractivity contribution in [2.24, 2.45) is 11.3 Å². The third-order valence-corrected chi connectivity index (χ3v) is 8.50. The van der Waals surface area contributed by atoms with Gasteiger partial charge in [0.25, 0.3) is 0 Å². The van der Waals surface area contributed by atoms with Crippen LogP contribution >= 0.6 is 0 Å². The zero-order valence-corrected chi connectivity index (χ0v) is 18.6. The molecule has 1 amide bonds. The first-order chi connectivity index (χ1) is 15.0. The van der Waals surface area contributed by atoms with Crippen LogP contribution in [0.5, 0.6) is 5.75 Å².